The van der Waals surface area contributed by atoms with Gasteiger partial charge in [0.15, 0.2) is 0 Å². The van der Waals surface area contributed by atoms with E-state index in [1.807, 2.05) is 12.1 Å². The van der Waals surface area contributed by atoms with E-state index in [1.165, 1.54) is 17.2 Å². The van der Waals surface area contributed by atoms with Crippen molar-refractivity contribution in [2.24, 2.45) is 0 Å². The fraction of sp³-hybridized carbons (Fsp3) is 0.200. The zero-order valence-corrected chi connectivity index (χ0v) is 13.7. The van der Waals surface area contributed by atoms with Crippen molar-refractivity contribution in [3.8, 4) is 0 Å². The van der Waals surface area contributed by atoms with Crippen molar-refractivity contribution in [1.82, 2.24) is 0 Å². The van der Waals surface area contributed by atoms with Gasteiger partial charge in [-0.15, -0.1) is 0 Å². The van der Waals surface area contributed by atoms with Crippen molar-refractivity contribution in [3.63, 3.8) is 0 Å². The van der Waals surface area contributed by atoms with Crippen LogP contribution in [0.15, 0.2) is 42.5 Å². The van der Waals surface area contributed by atoms with Gasteiger partial charge in [-0.3, -0.25) is 0 Å². The van der Waals surface area contributed by atoms with Crippen molar-refractivity contribution in [3.05, 3.63) is 68.5 Å². The van der Waals surface area contributed by atoms with Crippen LogP contribution < -0.4 is 0 Å². The van der Waals surface area contributed by atoms with E-state index in [1.54, 1.807) is 6.07 Å². The largest absolute Gasteiger partial charge is 0.207 e. The van der Waals surface area contributed by atoms with E-state index in [9.17, 15) is 4.39 Å². The molecule has 0 aliphatic carbocycles. The lowest BCUT2D eigenvalue weighted by atomic mass is 10.0. The average Bonchev–Trinajstić information content (AvgIpc) is 2.32. The summed E-state index contributed by atoms with van der Waals surface area (Å²) in [5.41, 5.74) is 3.75. The molecular formula is C15H13BrFI. The molecule has 0 fully saturated rings. The standard InChI is InChI=1S/C15H13BrFI/c1-10-4-2-3-5-11(10)8-14(16)13-7-6-12(17)9-15(13)18/h2-7,9,14H,8H2,1H3. The van der Waals surface area contributed by atoms with E-state index in [4.69, 9.17) is 0 Å². The normalized spacial score (nSPS) is 12.4. The number of alkyl halides is 1. The maximum Gasteiger partial charge on any atom is 0.124 e. The first-order valence-electron chi connectivity index (χ1n) is 5.71. The van der Waals surface area contributed by atoms with Crippen LogP contribution in [0.4, 0.5) is 4.39 Å². The second-order valence-corrected chi connectivity index (χ2v) is 6.53. The van der Waals surface area contributed by atoms with Crippen LogP contribution >= 0.6 is 38.5 Å². The summed E-state index contributed by atoms with van der Waals surface area (Å²) in [6.45, 7) is 2.12. The maximum absolute atomic E-state index is 13.1. The summed E-state index contributed by atoms with van der Waals surface area (Å²) in [6, 6.07) is 13.3. The summed E-state index contributed by atoms with van der Waals surface area (Å²) in [5.74, 6) is -0.182. The SMILES string of the molecule is Cc1ccccc1CC(Br)c1ccc(F)cc1I. The van der Waals surface area contributed by atoms with Crippen LogP contribution in [0.3, 0.4) is 0 Å². The molecule has 0 spiro atoms. The van der Waals surface area contributed by atoms with E-state index in [-0.39, 0.29) is 10.6 Å². The number of aryl methyl sites for hydroxylation is 1. The lowest BCUT2D eigenvalue weighted by molar-refractivity contribution is 0.625. The van der Waals surface area contributed by atoms with Gasteiger partial charge in [-0.2, -0.15) is 0 Å². The van der Waals surface area contributed by atoms with Crippen LogP contribution in [0.1, 0.15) is 21.5 Å². The first-order valence-corrected chi connectivity index (χ1v) is 7.71. The lowest BCUT2D eigenvalue weighted by Crippen LogP contribution is -2.00. The number of benzene rings is 2. The Morgan fingerprint density at radius 3 is 2.61 bits per heavy atom. The smallest absolute Gasteiger partial charge is 0.124 e. The zero-order chi connectivity index (χ0) is 13.1. The summed E-state index contributed by atoms with van der Waals surface area (Å²) in [6.07, 6.45) is 0.911. The second kappa shape index (κ2) is 6.15. The van der Waals surface area contributed by atoms with E-state index < -0.39 is 0 Å². The third-order valence-corrected chi connectivity index (χ3v) is 4.71. The molecule has 0 amide bonds. The third-order valence-electron chi connectivity index (χ3n) is 2.96. The molecule has 1 unspecified atom stereocenters. The Labute approximate surface area is 129 Å². The Kier molecular flexibility index (Phi) is 4.78. The van der Waals surface area contributed by atoms with Crippen LogP contribution in [0, 0.1) is 16.3 Å². The molecule has 0 N–H and O–H groups in total. The van der Waals surface area contributed by atoms with Crippen molar-refractivity contribution >= 4 is 38.5 Å². The van der Waals surface area contributed by atoms with Crippen LogP contribution in [-0.4, -0.2) is 0 Å². The van der Waals surface area contributed by atoms with E-state index >= 15 is 0 Å². The van der Waals surface area contributed by atoms with Crippen LogP contribution in [0.25, 0.3) is 0 Å². The molecule has 0 aromatic heterocycles. The van der Waals surface area contributed by atoms with Gasteiger partial charge < -0.3 is 0 Å². The average molecular weight is 419 g/mol. The molecule has 2 aromatic carbocycles. The Balaban J connectivity index is 2.22. The Hall–Kier alpha value is -0.420. The van der Waals surface area contributed by atoms with Gasteiger partial charge in [0.1, 0.15) is 5.82 Å². The molecule has 0 saturated carbocycles. The van der Waals surface area contributed by atoms with Gasteiger partial charge in [0.25, 0.3) is 0 Å². The molecule has 94 valence electrons. The highest BCUT2D eigenvalue weighted by molar-refractivity contribution is 14.1. The molecule has 18 heavy (non-hydrogen) atoms. The van der Waals surface area contributed by atoms with Gasteiger partial charge in [-0.05, 0) is 64.8 Å². The summed E-state index contributed by atoms with van der Waals surface area (Å²) >= 11 is 5.89. The number of hydrogen-bond donors (Lipinski definition) is 0. The highest BCUT2D eigenvalue weighted by Gasteiger charge is 2.13. The zero-order valence-electron chi connectivity index (χ0n) is 9.96. The van der Waals surface area contributed by atoms with Crippen LogP contribution in [0.5, 0.6) is 0 Å². The predicted molar refractivity (Wildman–Crippen MR) is 85.7 cm³/mol. The second-order valence-electron chi connectivity index (χ2n) is 4.26. The van der Waals surface area contributed by atoms with E-state index in [0.717, 1.165) is 15.6 Å². The highest BCUT2D eigenvalue weighted by Crippen LogP contribution is 2.31. The van der Waals surface area contributed by atoms with E-state index in [0.29, 0.717) is 0 Å². The number of halogens is 3. The maximum atomic E-state index is 13.1. The van der Waals surface area contributed by atoms with Gasteiger partial charge in [-0.25, -0.2) is 4.39 Å². The third kappa shape index (κ3) is 3.32. The Morgan fingerprint density at radius 2 is 1.94 bits per heavy atom. The van der Waals surface area contributed by atoms with Gasteiger partial charge >= 0.3 is 0 Å². The molecule has 2 rings (SSSR count). The molecule has 1 atom stereocenters. The Bertz CT molecular complexity index is 554. The topological polar surface area (TPSA) is 0 Å². The molecule has 0 saturated heterocycles. The van der Waals surface area contributed by atoms with Crippen molar-refractivity contribution < 1.29 is 4.39 Å². The molecule has 0 heterocycles. The summed E-state index contributed by atoms with van der Waals surface area (Å²) in [5, 5.41) is 0. The minimum absolute atomic E-state index is 0.182. The highest BCUT2D eigenvalue weighted by atomic mass is 127. The molecule has 2 aromatic rings. The fourth-order valence-electron chi connectivity index (χ4n) is 1.90. The first kappa shape index (κ1) is 14.0. The molecule has 0 radical (unpaired) electrons. The van der Waals surface area contributed by atoms with Crippen molar-refractivity contribution in [1.29, 1.82) is 0 Å². The van der Waals surface area contributed by atoms with Crippen LogP contribution in [0.2, 0.25) is 0 Å². The predicted octanol–water partition coefficient (Wildman–Crippen LogP) is 5.42. The summed E-state index contributed by atoms with van der Waals surface area (Å²) in [7, 11) is 0. The van der Waals surface area contributed by atoms with Crippen LogP contribution in [-0.2, 0) is 6.42 Å². The number of hydrogen-bond acceptors (Lipinski definition) is 0. The monoisotopic (exact) mass is 418 g/mol. The van der Waals surface area contributed by atoms with Gasteiger partial charge in [0, 0.05) is 8.40 Å². The van der Waals surface area contributed by atoms with Crippen molar-refractivity contribution in [2.45, 2.75) is 18.2 Å². The quantitative estimate of drug-likeness (QED) is 0.461. The fourth-order valence-corrected chi connectivity index (χ4v) is 3.93. The minimum atomic E-state index is -0.182. The molecule has 0 nitrogen and oxygen atoms in total. The molecular weight excluding hydrogens is 406 g/mol. The molecule has 0 bridgehead atoms. The molecule has 0 aliphatic rings. The lowest BCUT2D eigenvalue weighted by Gasteiger charge is -2.14. The van der Waals surface area contributed by atoms with Gasteiger partial charge in [0.2, 0.25) is 0 Å². The van der Waals surface area contributed by atoms with Gasteiger partial charge in [-0.1, -0.05) is 46.3 Å². The number of rotatable bonds is 3. The first-order chi connectivity index (χ1) is 8.58. The van der Waals surface area contributed by atoms with E-state index in [2.05, 4.69) is 63.6 Å². The molecule has 3 heteroatoms. The minimum Gasteiger partial charge on any atom is -0.207 e. The van der Waals surface area contributed by atoms with Crippen molar-refractivity contribution in [2.75, 3.05) is 0 Å². The summed E-state index contributed by atoms with van der Waals surface area (Å²) in [4.78, 5) is 0.214. The van der Waals surface area contributed by atoms with Gasteiger partial charge in [0.05, 0.1) is 0 Å². The summed E-state index contributed by atoms with van der Waals surface area (Å²) < 4.78 is 14.0. The molecule has 0 aliphatic heterocycles. The Morgan fingerprint density at radius 1 is 1.22 bits per heavy atom.